The average molecular weight is 1020 g/mol. The van der Waals surface area contributed by atoms with Crippen LogP contribution in [0.15, 0.2) is 42.5 Å². The number of nitrogens with one attached hydrogen (secondary N) is 2. The van der Waals surface area contributed by atoms with Gasteiger partial charge in [0, 0.05) is 28.7 Å². The Labute approximate surface area is 388 Å². The molecule has 3 saturated carbocycles. The highest BCUT2D eigenvalue weighted by Gasteiger charge is 2.68. The van der Waals surface area contributed by atoms with Crippen molar-refractivity contribution in [3.63, 3.8) is 0 Å². The summed E-state index contributed by atoms with van der Waals surface area (Å²) >= 11 is 6.66. The number of sulfonamides is 1. The minimum Gasteiger partial charge on any atom is -0.346 e. The van der Waals surface area contributed by atoms with Gasteiger partial charge in [-0.05, 0) is 106 Å². The Balaban J connectivity index is 1.21. The van der Waals surface area contributed by atoms with Crippen molar-refractivity contribution in [2.75, 3.05) is 10.5 Å². The molecule has 3 fully saturated rings. The molecule has 0 radical (unpaired) electrons. The first-order valence-corrected chi connectivity index (χ1v) is 24.9. The predicted molar refractivity (Wildman–Crippen MR) is 230 cm³/mol. The van der Waals surface area contributed by atoms with Crippen molar-refractivity contribution >= 4 is 54.1 Å². The highest BCUT2D eigenvalue weighted by molar-refractivity contribution is 7.94. The Kier molecular flexibility index (Phi) is 11.7. The van der Waals surface area contributed by atoms with Gasteiger partial charge in [-0.2, -0.15) is 32.1 Å². The number of sulfone groups is 1. The molecule has 0 spiro atoms. The zero-order chi connectivity index (χ0) is 49.0. The van der Waals surface area contributed by atoms with E-state index < -0.39 is 126 Å². The number of halogens is 10. The average Bonchev–Trinajstić information content (AvgIpc) is 4.14. The lowest BCUT2D eigenvalue weighted by Gasteiger charge is -2.23. The van der Waals surface area contributed by atoms with Gasteiger partial charge in [-0.3, -0.25) is 18.9 Å². The Morgan fingerprint density at radius 1 is 0.956 bits per heavy atom. The number of hydrogen-bond acceptors (Lipinski definition) is 8. The van der Waals surface area contributed by atoms with Gasteiger partial charge in [-0.25, -0.2) is 39.4 Å². The summed E-state index contributed by atoms with van der Waals surface area (Å²) in [6.07, 6.45) is -6.83. The number of aromatic nitrogens is 5. The van der Waals surface area contributed by atoms with Gasteiger partial charge >= 0.3 is 6.18 Å². The molecule has 0 aliphatic heterocycles. The van der Waals surface area contributed by atoms with Crippen LogP contribution in [0.25, 0.3) is 22.0 Å². The minimum absolute atomic E-state index is 0.0212. The highest BCUT2D eigenvalue weighted by Crippen LogP contribution is 2.68. The van der Waals surface area contributed by atoms with Crippen LogP contribution in [0.3, 0.4) is 0 Å². The number of hydrogen-bond donors (Lipinski definition) is 2. The van der Waals surface area contributed by atoms with Crippen LogP contribution >= 0.6 is 11.6 Å². The first kappa shape index (κ1) is 47.7. The summed E-state index contributed by atoms with van der Waals surface area (Å²) < 4.78 is 187. The lowest BCUT2D eigenvalue weighted by molar-refractivity contribution is -0.142. The van der Waals surface area contributed by atoms with E-state index in [2.05, 4.69) is 37.1 Å². The SMILES string of the molecule is CC(C)(C#Cc1ccc(-c2ccc(Cl)c3c(NS(=O)(=O)CC4CC4)nn(CC(F)F)c23)c([C@H](Cc2cc(F)cc(F)c2)NC(=O)Cn2nc(C(F)(F)F)c3c2C(F)(F)[C@@H]2C[C@H]32)n1)S(=O)(=O)C1CC1. The van der Waals surface area contributed by atoms with Crippen LogP contribution in [-0.2, 0) is 56.3 Å². The summed E-state index contributed by atoms with van der Waals surface area (Å²) in [6, 6.07) is 6.05. The number of nitrogens with zero attached hydrogens (tertiary/aromatic N) is 5. The van der Waals surface area contributed by atoms with Gasteiger partial charge in [0.1, 0.15) is 40.9 Å². The summed E-state index contributed by atoms with van der Waals surface area (Å²) in [5.41, 5.74) is -4.13. The summed E-state index contributed by atoms with van der Waals surface area (Å²) in [7, 11) is -7.88. The summed E-state index contributed by atoms with van der Waals surface area (Å²) in [6.45, 7) is 0.464. The summed E-state index contributed by atoms with van der Waals surface area (Å²) in [5.74, 6) is -5.04. The van der Waals surface area contributed by atoms with E-state index in [0.717, 1.165) is 16.8 Å². The Morgan fingerprint density at radius 3 is 2.26 bits per heavy atom. The maximum atomic E-state index is 15.6. The van der Waals surface area contributed by atoms with Crippen LogP contribution in [0.5, 0.6) is 0 Å². The standard InChI is InChI=1S/C44H39ClF9N7O5S2/c1-42(2,68(65,66)26-6-7-26)12-11-25-5-8-27(28-9-10-31(45)36-38(28)60(18-33(48)49)58-41(36)59-67(63,64)20-21-3-4-21)37(55-25)32(15-22-13-23(46)16-24(47)14-22)56-34(62)19-61-40-35(39(57-61)44(52,53)54)29-17-30(29)43(40,50)51/h5,8-10,13-14,16,21,26,29-30,32-33H,3-4,6-7,15,17-20H2,1-2H3,(H,56,62)(H,58,59)/t29-,30+,32-/m0/s1. The van der Waals surface area contributed by atoms with E-state index in [4.69, 9.17) is 11.6 Å². The fourth-order valence-electron chi connectivity index (χ4n) is 8.88. The number of carbonyl (C=O) groups excluding carboxylic acids is 1. The van der Waals surface area contributed by atoms with Crippen LogP contribution < -0.4 is 10.0 Å². The predicted octanol–water partition coefficient (Wildman–Crippen LogP) is 8.68. The third-order valence-corrected chi connectivity index (χ3v) is 17.1. The van der Waals surface area contributed by atoms with Crippen molar-refractivity contribution in [2.45, 2.75) is 106 Å². The van der Waals surface area contributed by atoms with Crippen LogP contribution in [0.2, 0.25) is 5.02 Å². The second-order valence-electron chi connectivity index (χ2n) is 18.1. The number of rotatable bonds is 15. The van der Waals surface area contributed by atoms with Gasteiger partial charge in [0.15, 0.2) is 21.3 Å². The first-order valence-electron chi connectivity index (χ1n) is 21.3. The maximum Gasteiger partial charge on any atom is 0.435 e. The van der Waals surface area contributed by atoms with Gasteiger partial charge in [0.2, 0.25) is 15.9 Å². The zero-order valence-corrected chi connectivity index (χ0v) is 38.1. The van der Waals surface area contributed by atoms with E-state index >= 15 is 8.78 Å². The van der Waals surface area contributed by atoms with E-state index in [-0.39, 0.29) is 66.8 Å². The molecule has 2 N–H and O–H groups in total. The van der Waals surface area contributed by atoms with Crippen molar-refractivity contribution in [2.24, 2.45) is 11.8 Å². The lowest BCUT2D eigenvalue weighted by Crippen LogP contribution is -2.35. The zero-order valence-electron chi connectivity index (χ0n) is 35.7. The van der Waals surface area contributed by atoms with E-state index in [1.807, 2.05) is 0 Å². The first-order chi connectivity index (χ1) is 31.7. The van der Waals surface area contributed by atoms with Crippen LogP contribution in [0.1, 0.15) is 91.8 Å². The summed E-state index contributed by atoms with van der Waals surface area (Å²) in [4.78, 5) is 18.8. The Bertz CT molecular complexity index is 3170. The van der Waals surface area contributed by atoms with Crippen LogP contribution in [0.4, 0.5) is 45.3 Å². The lowest BCUT2D eigenvalue weighted by atomic mass is 9.93. The normalized spacial score (nSPS) is 19.4. The molecule has 12 nitrogen and oxygen atoms in total. The number of pyridine rings is 1. The van der Waals surface area contributed by atoms with E-state index in [0.29, 0.717) is 31.7 Å². The number of carbonyl (C=O) groups is 1. The molecule has 68 heavy (non-hydrogen) atoms. The number of anilines is 1. The van der Waals surface area contributed by atoms with E-state index in [9.17, 15) is 52.4 Å². The third kappa shape index (κ3) is 9.14. The van der Waals surface area contributed by atoms with Crippen molar-refractivity contribution in [1.82, 2.24) is 29.9 Å². The molecular formula is C44H39ClF9N7O5S2. The molecule has 0 unspecified atom stereocenters. The number of benzene rings is 2. The molecule has 4 aliphatic rings. The molecule has 24 heteroatoms. The Hall–Kier alpha value is -5.34. The number of alkyl halides is 7. The molecule has 5 aromatic rings. The molecule has 0 saturated heterocycles. The van der Waals surface area contributed by atoms with Gasteiger partial charge < -0.3 is 5.32 Å². The maximum absolute atomic E-state index is 15.6. The van der Waals surface area contributed by atoms with Gasteiger partial charge in [0.05, 0.1) is 38.7 Å². The minimum atomic E-state index is -5.16. The van der Waals surface area contributed by atoms with Crippen molar-refractivity contribution < 1.29 is 61.1 Å². The molecule has 2 aromatic carbocycles. The Morgan fingerprint density at radius 2 is 1.63 bits per heavy atom. The van der Waals surface area contributed by atoms with Crippen molar-refractivity contribution in [3.8, 4) is 23.0 Å². The van der Waals surface area contributed by atoms with Crippen molar-refractivity contribution in [3.05, 3.63) is 93.0 Å². The third-order valence-electron chi connectivity index (χ3n) is 12.5. The fourth-order valence-corrected chi connectivity index (χ4v) is 12.4. The molecule has 3 aromatic heterocycles. The van der Waals surface area contributed by atoms with Crippen LogP contribution in [0, 0.1) is 35.3 Å². The summed E-state index contributed by atoms with van der Waals surface area (Å²) in [5, 5.41) is 9.27. The fraction of sp³-hybridized carbons (Fsp3) is 0.455. The second-order valence-corrected chi connectivity index (χ2v) is 23.1. The van der Waals surface area contributed by atoms with E-state index in [1.165, 1.54) is 38.1 Å². The largest absolute Gasteiger partial charge is 0.435 e. The molecule has 1 amide bonds. The topological polar surface area (TPSA) is 158 Å². The molecule has 3 heterocycles. The molecule has 3 atom stereocenters. The highest BCUT2D eigenvalue weighted by atomic mass is 35.5. The monoisotopic (exact) mass is 1020 g/mol. The van der Waals surface area contributed by atoms with Gasteiger partial charge in [-0.15, -0.1) is 0 Å². The van der Waals surface area contributed by atoms with Gasteiger partial charge in [-0.1, -0.05) is 23.6 Å². The second kappa shape index (κ2) is 16.7. The number of amides is 1. The van der Waals surface area contributed by atoms with E-state index in [1.54, 1.807) is 0 Å². The van der Waals surface area contributed by atoms with Gasteiger partial charge in [0.25, 0.3) is 12.3 Å². The molecule has 0 bridgehead atoms. The van der Waals surface area contributed by atoms with Crippen LogP contribution in [-0.4, -0.2) is 69.5 Å². The molecule has 362 valence electrons. The smallest absolute Gasteiger partial charge is 0.346 e. The van der Waals surface area contributed by atoms with Crippen molar-refractivity contribution in [1.29, 1.82) is 0 Å². The molecule has 9 rings (SSSR count). The number of fused-ring (bicyclic) bond motifs is 4. The quantitative estimate of drug-likeness (QED) is 0.0780. The molecule has 4 aliphatic carbocycles. The molecular weight excluding hydrogens is 977 g/mol.